The van der Waals surface area contributed by atoms with Gasteiger partial charge in [-0.3, -0.25) is 4.90 Å². The molecule has 2 atom stereocenters. The maximum Gasteiger partial charge on any atom is 0.490 e. The summed E-state index contributed by atoms with van der Waals surface area (Å²) in [5.74, 6) is -0.313. The van der Waals surface area contributed by atoms with Gasteiger partial charge in [-0.1, -0.05) is 11.2 Å². The second kappa shape index (κ2) is 8.56. The second-order valence-electron chi connectivity index (χ2n) is 7.16. The fourth-order valence-electron chi connectivity index (χ4n) is 3.73. The minimum absolute atomic E-state index is 0.184. The molecule has 0 unspecified atom stereocenters. The van der Waals surface area contributed by atoms with E-state index in [1.165, 1.54) is 0 Å². The number of ether oxygens (including phenoxy) is 2. The summed E-state index contributed by atoms with van der Waals surface area (Å²) in [6, 6.07) is 3.99. The topological polar surface area (TPSA) is 111 Å². The molecule has 2 aliphatic rings. The van der Waals surface area contributed by atoms with Gasteiger partial charge in [0.1, 0.15) is 0 Å². The Labute approximate surface area is 169 Å². The molecule has 0 amide bonds. The van der Waals surface area contributed by atoms with Crippen LogP contribution < -0.4 is 4.74 Å². The molecule has 12 heteroatoms. The first-order valence-electron chi connectivity index (χ1n) is 9.04. The zero-order valence-electron chi connectivity index (χ0n) is 16.3. The zero-order valence-corrected chi connectivity index (χ0v) is 16.3. The van der Waals surface area contributed by atoms with E-state index >= 15 is 0 Å². The first kappa shape index (κ1) is 22.0. The number of hydrogen-bond acceptors (Lipinski definition) is 8. The Morgan fingerprint density at radius 3 is 2.80 bits per heavy atom. The van der Waals surface area contributed by atoms with Crippen LogP contribution in [0.1, 0.15) is 17.3 Å². The number of aromatic nitrogens is 3. The Morgan fingerprint density at radius 1 is 1.47 bits per heavy atom. The molecule has 0 spiro atoms. The maximum absolute atomic E-state index is 10.6. The Morgan fingerprint density at radius 2 is 2.20 bits per heavy atom. The SMILES string of the molecule is COc1ncccc1CN1C[C@@H]2COC[C@]2(c2nc(C)no2)C1.O=C(O)C(F)(F)F. The van der Waals surface area contributed by atoms with Crippen molar-refractivity contribution >= 4 is 5.97 Å². The van der Waals surface area contributed by atoms with Crippen molar-refractivity contribution in [3.63, 3.8) is 0 Å². The van der Waals surface area contributed by atoms with Gasteiger partial charge >= 0.3 is 12.1 Å². The van der Waals surface area contributed by atoms with E-state index in [4.69, 9.17) is 23.9 Å². The first-order chi connectivity index (χ1) is 14.2. The van der Waals surface area contributed by atoms with Crippen LogP contribution in [-0.2, 0) is 21.5 Å². The lowest BCUT2D eigenvalue weighted by Crippen LogP contribution is -2.35. The Bertz CT molecular complexity index is 891. The molecule has 0 saturated carbocycles. The van der Waals surface area contributed by atoms with Gasteiger partial charge in [-0.25, -0.2) is 9.78 Å². The molecule has 2 fully saturated rings. The van der Waals surface area contributed by atoms with Gasteiger partial charge in [-0.05, 0) is 13.0 Å². The molecule has 1 N–H and O–H groups in total. The third kappa shape index (κ3) is 4.54. The number of carboxylic acids is 1. The second-order valence-corrected chi connectivity index (χ2v) is 7.16. The van der Waals surface area contributed by atoms with Crippen LogP contribution in [0.15, 0.2) is 22.9 Å². The number of halogens is 3. The molecule has 2 aromatic heterocycles. The highest BCUT2D eigenvalue weighted by molar-refractivity contribution is 5.73. The number of hydrogen-bond donors (Lipinski definition) is 1. The molecule has 4 rings (SSSR count). The van der Waals surface area contributed by atoms with Crippen molar-refractivity contribution in [2.24, 2.45) is 5.92 Å². The molecule has 30 heavy (non-hydrogen) atoms. The first-order valence-corrected chi connectivity index (χ1v) is 9.04. The molecule has 9 nitrogen and oxygen atoms in total. The van der Waals surface area contributed by atoms with Crippen LogP contribution in [0.5, 0.6) is 5.88 Å². The molecular weight excluding hydrogens is 409 g/mol. The summed E-state index contributed by atoms with van der Waals surface area (Å²) in [6.07, 6.45) is -3.34. The number of carbonyl (C=O) groups is 1. The smallest absolute Gasteiger partial charge is 0.481 e. The zero-order chi connectivity index (χ0) is 21.9. The number of alkyl halides is 3. The lowest BCUT2D eigenvalue weighted by molar-refractivity contribution is -0.192. The monoisotopic (exact) mass is 430 g/mol. The molecule has 2 saturated heterocycles. The van der Waals surface area contributed by atoms with E-state index in [1.807, 2.05) is 13.0 Å². The largest absolute Gasteiger partial charge is 0.490 e. The van der Waals surface area contributed by atoms with Crippen molar-refractivity contribution < 1.29 is 37.1 Å². The Hall–Kier alpha value is -2.73. The van der Waals surface area contributed by atoms with Gasteiger partial charge in [0.25, 0.3) is 0 Å². The molecule has 164 valence electrons. The van der Waals surface area contributed by atoms with Gasteiger partial charge in [0, 0.05) is 37.3 Å². The van der Waals surface area contributed by atoms with Gasteiger partial charge in [-0.15, -0.1) is 0 Å². The van der Waals surface area contributed by atoms with E-state index in [1.54, 1.807) is 13.3 Å². The third-order valence-corrected chi connectivity index (χ3v) is 5.08. The van der Waals surface area contributed by atoms with E-state index in [0.29, 0.717) is 30.1 Å². The number of pyridine rings is 1. The van der Waals surface area contributed by atoms with E-state index < -0.39 is 12.1 Å². The van der Waals surface area contributed by atoms with E-state index in [0.717, 1.165) is 31.8 Å². The van der Waals surface area contributed by atoms with Crippen molar-refractivity contribution in [3.8, 4) is 5.88 Å². The highest BCUT2D eigenvalue weighted by Gasteiger charge is 2.55. The van der Waals surface area contributed by atoms with Gasteiger partial charge in [-0.2, -0.15) is 18.2 Å². The summed E-state index contributed by atoms with van der Waals surface area (Å²) in [4.78, 5) is 20.0. The van der Waals surface area contributed by atoms with E-state index in [-0.39, 0.29) is 5.41 Å². The number of rotatable bonds is 4. The van der Waals surface area contributed by atoms with Crippen molar-refractivity contribution in [1.82, 2.24) is 20.0 Å². The molecule has 0 radical (unpaired) electrons. The molecular formula is C18H21F3N4O5. The lowest BCUT2D eigenvalue weighted by atomic mass is 9.81. The number of fused-ring (bicyclic) bond motifs is 1. The maximum atomic E-state index is 10.6. The van der Waals surface area contributed by atoms with E-state index in [2.05, 4.69) is 26.1 Å². The molecule has 2 aliphatic heterocycles. The predicted molar refractivity (Wildman–Crippen MR) is 94.8 cm³/mol. The van der Waals surface area contributed by atoms with Crippen molar-refractivity contribution in [2.75, 3.05) is 33.4 Å². The summed E-state index contributed by atoms with van der Waals surface area (Å²) < 4.78 is 48.3. The number of aliphatic carboxylic acids is 1. The average molecular weight is 430 g/mol. The standard InChI is InChI=1S/C16H20N4O3.C2HF3O2/c1-11-18-15(23-19-11)16-9-20(7-13(16)8-22-10-16)6-12-4-3-5-17-14(12)21-2;3-2(4,5)1(6)7/h3-5,13H,6-10H2,1-2H3;(H,6,7)/t13-,16-;/m1./s1. The normalized spacial score (nSPS) is 23.6. The van der Waals surface area contributed by atoms with Crippen LogP contribution in [0.2, 0.25) is 0 Å². The molecule has 0 bridgehead atoms. The molecule has 2 aromatic rings. The van der Waals surface area contributed by atoms with Gasteiger partial charge < -0.3 is 19.1 Å². The minimum atomic E-state index is -5.08. The highest BCUT2D eigenvalue weighted by atomic mass is 19.4. The van der Waals surface area contributed by atoms with Crippen molar-refractivity contribution in [2.45, 2.75) is 25.1 Å². The van der Waals surface area contributed by atoms with E-state index in [9.17, 15) is 13.2 Å². The summed E-state index contributed by atoms with van der Waals surface area (Å²) in [7, 11) is 1.65. The summed E-state index contributed by atoms with van der Waals surface area (Å²) >= 11 is 0. The lowest BCUT2D eigenvalue weighted by Gasteiger charge is -2.23. The fourth-order valence-corrected chi connectivity index (χ4v) is 3.73. The number of carboxylic acid groups (broad SMARTS) is 1. The number of likely N-dealkylation sites (tertiary alicyclic amines) is 1. The van der Waals surface area contributed by atoms with Gasteiger partial charge in [0.2, 0.25) is 11.8 Å². The van der Waals surface area contributed by atoms with Crippen LogP contribution in [-0.4, -0.2) is 70.7 Å². The summed E-state index contributed by atoms with van der Waals surface area (Å²) in [5.41, 5.74) is 0.907. The third-order valence-electron chi connectivity index (χ3n) is 5.08. The van der Waals surface area contributed by atoms with Gasteiger partial charge in [0.05, 0.1) is 25.7 Å². The number of methoxy groups -OCH3 is 1. The minimum Gasteiger partial charge on any atom is -0.481 e. The summed E-state index contributed by atoms with van der Waals surface area (Å²) in [6.45, 7) is 5.81. The summed E-state index contributed by atoms with van der Waals surface area (Å²) in [5, 5.41) is 11.1. The van der Waals surface area contributed by atoms with Crippen LogP contribution >= 0.6 is 0 Å². The van der Waals surface area contributed by atoms with Crippen molar-refractivity contribution in [1.29, 1.82) is 0 Å². The molecule has 0 aromatic carbocycles. The van der Waals surface area contributed by atoms with Crippen molar-refractivity contribution in [3.05, 3.63) is 35.6 Å². The van der Waals surface area contributed by atoms with Crippen LogP contribution in [0.4, 0.5) is 13.2 Å². The Balaban J connectivity index is 0.000000318. The quantitative estimate of drug-likeness (QED) is 0.776. The fraction of sp³-hybridized carbons (Fsp3) is 0.556. The highest BCUT2D eigenvalue weighted by Crippen LogP contribution is 2.43. The average Bonchev–Trinajstić information content (AvgIpc) is 3.36. The van der Waals surface area contributed by atoms with Crippen LogP contribution in [0, 0.1) is 12.8 Å². The number of aryl methyl sites for hydroxylation is 1. The van der Waals surface area contributed by atoms with Gasteiger partial charge in [0.15, 0.2) is 5.82 Å². The number of nitrogens with zero attached hydrogens (tertiary/aromatic N) is 4. The molecule has 4 heterocycles. The predicted octanol–water partition coefficient (Wildman–Crippen LogP) is 1.81. The molecule has 0 aliphatic carbocycles. The Kier molecular flexibility index (Phi) is 6.27. The van der Waals surface area contributed by atoms with Crippen LogP contribution in [0.3, 0.4) is 0 Å². The van der Waals surface area contributed by atoms with Crippen LogP contribution in [0.25, 0.3) is 0 Å².